The molecule has 0 unspecified atom stereocenters. The van der Waals surface area contributed by atoms with E-state index >= 15 is 0 Å². The van der Waals surface area contributed by atoms with E-state index in [1.807, 2.05) is 0 Å². The summed E-state index contributed by atoms with van der Waals surface area (Å²) in [4.78, 5) is 0. The zero-order chi connectivity index (χ0) is 10.7. The Hall–Kier alpha value is -0.600. The summed E-state index contributed by atoms with van der Waals surface area (Å²) in [6.45, 7) is 4.13. The van der Waals surface area contributed by atoms with E-state index in [0.717, 1.165) is 6.42 Å². The van der Waals surface area contributed by atoms with Gasteiger partial charge in [-0.3, -0.25) is 0 Å². The van der Waals surface area contributed by atoms with E-state index in [-0.39, 0.29) is 11.9 Å². The van der Waals surface area contributed by atoms with Gasteiger partial charge in [-0.15, -0.1) is 0 Å². The second-order valence-electron chi connectivity index (χ2n) is 3.90. The van der Waals surface area contributed by atoms with Gasteiger partial charge in [-0.1, -0.05) is 31.5 Å². The SMILES string of the molecule is CC(C)C[C@H](N)c1ccc(Cl)cc1F. The van der Waals surface area contributed by atoms with Crippen molar-refractivity contribution in [1.82, 2.24) is 0 Å². The maximum atomic E-state index is 13.4. The molecule has 0 aliphatic rings. The molecule has 0 heterocycles. The largest absolute Gasteiger partial charge is 0.324 e. The number of benzene rings is 1. The van der Waals surface area contributed by atoms with Crippen molar-refractivity contribution in [2.45, 2.75) is 26.3 Å². The molecule has 1 aromatic carbocycles. The van der Waals surface area contributed by atoms with Crippen molar-refractivity contribution in [3.63, 3.8) is 0 Å². The first-order chi connectivity index (χ1) is 6.50. The van der Waals surface area contributed by atoms with Crippen LogP contribution < -0.4 is 5.73 Å². The van der Waals surface area contributed by atoms with Gasteiger partial charge in [0.2, 0.25) is 0 Å². The fourth-order valence-corrected chi connectivity index (χ4v) is 1.60. The smallest absolute Gasteiger partial charge is 0.129 e. The van der Waals surface area contributed by atoms with Gasteiger partial charge in [0.05, 0.1) is 0 Å². The van der Waals surface area contributed by atoms with Crippen molar-refractivity contribution in [3.05, 3.63) is 34.6 Å². The van der Waals surface area contributed by atoms with Gasteiger partial charge in [0, 0.05) is 16.6 Å². The van der Waals surface area contributed by atoms with E-state index < -0.39 is 0 Å². The topological polar surface area (TPSA) is 26.0 Å². The third kappa shape index (κ3) is 2.96. The van der Waals surface area contributed by atoms with Crippen molar-refractivity contribution in [3.8, 4) is 0 Å². The minimum absolute atomic E-state index is 0.243. The minimum atomic E-state index is -0.314. The molecular formula is C11H15ClFN. The van der Waals surface area contributed by atoms with Crippen molar-refractivity contribution in [2.24, 2.45) is 11.7 Å². The summed E-state index contributed by atoms with van der Waals surface area (Å²) in [6, 6.07) is 4.38. The highest BCUT2D eigenvalue weighted by atomic mass is 35.5. The van der Waals surface area contributed by atoms with Crippen LogP contribution in [0.4, 0.5) is 4.39 Å². The summed E-state index contributed by atoms with van der Waals surface area (Å²) in [5.41, 5.74) is 6.41. The molecule has 3 heteroatoms. The predicted molar refractivity (Wildman–Crippen MR) is 57.8 cm³/mol. The maximum Gasteiger partial charge on any atom is 0.129 e. The normalized spacial score (nSPS) is 13.3. The lowest BCUT2D eigenvalue weighted by molar-refractivity contribution is 0.489. The van der Waals surface area contributed by atoms with Crippen LogP contribution in [0.3, 0.4) is 0 Å². The van der Waals surface area contributed by atoms with Crippen LogP contribution in [-0.2, 0) is 0 Å². The fourth-order valence-electron chi connectivity index (χ4n) is 1.44. The standard InChI is InChI=1S/C11H15ClFN/c1-7(2)5-11(14)9-4-3-8(12)6-10(9)13/h3-4,6-7,11H,5,14H2,1-2H3/t11-/m0/s1. The van der Waals surface area contributed by atoms with Crippen molar-refractivity contribution in [1.29, 1.82) is 0 Å². The summed E-state index contributed by atoms with van der Waals surface area (Å²) in [5.74, 6) is 0.144. The zero-order valence-electron chi connectivity index (χ0n) is 8.43. The molecule has 0 aliphatic heterocycles. The Morgan fingerprint density at radius 2 is 2.07 bits per heavy atom. The van der Waals surface area contributed by atoms with E-state index in [0.29, 0.717) is 16.5 Å². The first-order valence-corrected chi connectivity index (χ1v) is 5.09. The molecule has 14 heavy (non-hydrogen) atoms. The molecule has 0 saturated carbocycles. The van der Waals surface area contributed by atoms with Gasteiger partial charge in [-0.25, -0.2) is 4.39 Å². The highest BCUT2D eigenvalue weighted by Crippen LogP contribution is 2.23. The van der Waals surface area contributed by atoms with Gasteiger partial charge in [-0.2, -0.15) is 0 Å². The highest BCUT2D eigenvalue weighted by molar-refractivity contribution is 6.30. The monoisotopic (exact) mass is 215 g/mol. The molecule has 0 radical (unpaired) electrons. The molecule has 1 rings (SSSR count). The summed E-state index contributed by atoms with van der Waals surface area (Å²) in [6.07, 6.45) is 0.776. The molecular weight excluding hydrogens is 201 g/mol. The Morgan fingerprint density at radius 3 is 2.57 bits per heavy atom. The van der Waals surface area contributed by atoms with Gasteiger partial charge in [0.1, 0.15) is 5.82 Å². The molecule has 1 nitrogen and oxygen atoms in total. The number of halogens is 2. The summed E-state index contributed by atoms with van der Waals surface area (Å²) in [7, 11) is 0. The van der Waals surface area contributed by atoms with Crippen LogP contribution in [0.25, 0.3) is 0 Å². The van der Waals surface area contributed by atoms with Crippen LogP contribution in [-0.4, -0.2) is 0 Å². The van der Waals surface area contributed by atoms with E-state index in [1.165, 1.54) is 6.07 Å². The van der Waals surface area contributed by atoms with Gasteiger partial charge in [-0.05, 0) is 24.5 Å². The van der Waals surface area contributed by atoms with Gasteiger partial charge >= 0.3 is 0 Å². The van der Waals surface area contributed by atoms with Crippen LogP contribution in [0, 0.1) is 11.7 Å². The molecule has 1 aromatic rings. The lowest BCUT2D eigenvalue weighted by Crippen LogP contribution is -2.14. The molecule has 0 amide bonds. The lowest BCUT2D eigenvalue weighted by atomic mass is 9.97. The van der Waals surface area contributed by atoms with Crippen LogP contribution in [0.5, 0.6) is 0 Å². The molecule has 1 atom stereocenters. The van der Waals surface area contributed by atoms with Crippen LogP contribution in [0.15, 0.2) is 18.2 Å². The number of hydrogen-bond donors (Lipinski definition) is 1. The Morgan fingerprint density at radius 1 is 1.43 bits per heavy atom. The third-order valence-electron chi connectivity index (χ3n) is 2.09. The van der Waals surface area contributed by atoms with E-state index in [9.17, 15) is 4.39 Å². The highest BCUT2D eigenvalue weighted by Gasteiger charge is 2.12. The second kappa shape index (κ2) is 4.76. The molecule has 0 aliphatic carbocycles. The molecule has 0 spiro atoms. The number of hydrogen-bond acceptors (Lipinski definition) is 1. The van der Waals surface area contributed by atoms with Crippen LogP contribution in [0.2, 0.25) is 5.02 Å². The summed E-state index contributed by atoms with van der Waals surface area (Å²) in [5, 5.41) is 0.406. The Labute approximate surface area is 89.1 Å². The fraction of sp³-hybridized carbons (Fsp3) is 0.455. The van der Waals surface area contributed by atoms with Gasteiger partial charge < -0.3 is 5.73 Å². The zero-order valence-corrected chi connectivity index (χ0v) is 9.18. The maximum absolute atomic E-state index is 13.4. The molecule has 2 N–H and O–H groups in total. The Bertz CT molecular complexity index is 312. The molecule has 0 bridgehead atoms. The van der Waals surface area contributed by atoms with Gasteiger partial charge in [0.15, 0.2) is 0 Å². The van der Waals surface area contributed by atoms with E-state index in [2.05, 4.69) is 13.8 Å². The van der Waals surface area contributed by atoms with Crippen LogP contribution in [0.1, 0.15) is 31.9 Å². The second-order valence-corrected chi connectivity index (χ2v) is 4.34. The lowest BCUT2D eigenvalue weighted by Gasteiger charge is -2.15. The van der Waals surface area contributed by atoms with Crippen molar-refractivity contribution >= 4 is 11.6 Å². The van der Waals surface area contributed by atoms with Crippen LogP contribution >= 0.6 is 11.6 Å². The minimum Gasteiger partial charge on any atom is -0.324 e. The average Bonchev–Trinajstić information content (AvgIpc) is 2.01. The number of rotatable bonds is 3. The first kappa shape index (κ1) is 11.5. The first-order valence-electron chi connectivity index (χ1n) is 4.71. The quantitative estimate of drug-likeness (QED) is 0.820. The Balaban J connectivity index is 2.84. The van der Waals surface area contributed by atoms with E-state index in [1.54, 1.807) is 12.1 Å². The van der Waals surface area contributed by atoms with E-state index in [4.69, 9.17) is 17.3 Å². The summed E-state index contributed by atoms with van der Waals surface area (Å²) < 4.78 is 13.4. The Kier molecular flexibility index (Phi) is 3.90. The average molecular weight is 216 g/mol. The molecule has 0 fully saturated rings. The van der Waals surface area contributed by atoms with Crippen molar-refractivity contribution < 1.29 is 4.39 Å². The molecule has 0 saturated heterocycles. The number of nitrogens with two attached hydrogens (primary N) is 1. The third-order valence-corrected chi connectivity index (χ3v) is 2.32. The summed E-state index contributed by atoms with van der Waals surface area (Å²) >= 11 is 5.65. The van der Waals surface area contributed by atoms with Gasteiger partial charge in [0.25, 0.3) is 0 Å². The molecule has 0 aromatic heterocycles. The van der Waals surface area contributed by atoms with Crippen molar-refractivity contribution in [2.75, 3.05) is 0 Å². The predicted octanol–water partition coefficient (Wildman–Crippen LogP) is 3.53. The molecule has 78 valence electrons.